The fourth-order valence-corrected chi connectivity index (χ4v) is 3.43. The summed E-state index contributed by atoms with van der Waals surface area (Å²) in [5, 5.41) is 13.4. The molecule has 25 heavy (non-hydrogen) atoms. The van der Waals surface area contributed by atoms with E-state index in [0.717, 1.165) is 44.6 Å². The molecule has 0 atom stereocenters. The van der Waals surface area contributed by atoms with Gasteiger partial charge in [-0.25, -0.2) is 4.39 Å². The van der Waals surface area contributed by atoms with Crippen molar-refractivity contribution >= 4 is 0 Å². The van der Waals surface area contributed by atoms with Crippen molar-refractivity contribution in [1.29, 1.82) is 0 Å². The Labute approximate surface area is 148 Å². The van der Waals surface area contributed by atoms with Gasteiger partial charge in [-0.15, -0.1) is 0 Å². The molecule has 1 N–H and O–H groups in total. The van der Waals surface area contributed by atoms with Crippen LogP contribution in [0.4, 0.5) is 4.39 Å². The standard InChI is InChI=1S/C19H26FN3O2/c20-17-2-4-18(5-3-17)25-15-1-10-22-11-7-16(8-12-22)19-6-9-21-23(19)13-14-24/h2-6,9,16,24H,1,7-8,10-15H2. The van der Waals surface area contributed by atoms with Crippen LogP contribution in [-0.4, -0.2) is 52.6 Å². The highest BCUT2D eigenvalue weighted by Crippen LogP contribution is 2.27. The maximum Gasteiger partial charge on any atom is 0.123 e. The molecule has 1 aromatic heterocycles. The van der Waals surface area contributed by atoms with Gasteiger partial charge in [-0.05, 0) is 62.7 Å². The van der Waals surface area contributed by atoms with Crippen molar-refractivity contribution in [1.82, 2.24) is 14.7 Å². The number of benzene rings is 1. The Morgan fingerprint density at radius 3 is 2.60 bits per heavy atom. The van der Waals surface area contributed by atoms with E-state index in [-0.39, 0.29) is 12.4 Å². The van der Waals surface area contributed by atoms with E-state index >= 15 is 0 Å². The van der Waals surface area contributed by atoms with E-state index in [0.29, 0.717) is 19.1 Å². The van der Waals surface area contributed by atoms with E-state index in [1.54, 1.807) is 12.1 Å². The molecule has 1 aliphatic heterocycles. The molecule has 1 aliphatic rings. The number of rotatable bonds is 8. The summed E-state index contributed by atoms with van der Waals surface area (Å²) in [6, 6.07) is 8.24. The minimum Gasteiger partial charge on any atom is -0.494 e. The first-order chi connectivity index (χ1) is 12.3. The Hall–Kier alpha value is -1.92. The fourth-order valence-electron chi connectivity index (χ4n) is 3.43. The molecule has 1 fully saturated rings. The minimum atomic E-state index is -0.240. The lowest BCUT2D eigenvalue weighted by molar-refractivity contribution is 0.189. The molecular weight excluding hydrogens is 321 g/mol. The summed E-state index contributed by atoms with van der Waals surface area (Å²) in [5.74, 6) is 1.01. The predicted octanol–water partition coefficient (Wildman–Crippen LogP) is 2.66. The Balaban J connectivity index is 1.36. The van der Waals surface area contributed by atoms with Gasteiger partial charge in [0.15, 0.2) is 0 Å². The zero-order valence-electron chi connectivity index (χ0n) is 14.5. The van der Waals surface area contributed by atoms with E-state index in [1.807, 2.05) is 10.9 Å². The molecule has 1 saturated heterocycles. The van der Waals surface area contributed by atoms with E-state index in [4.69, 9.17) is 9.84 Å². The van der Waals surface area contributed by atoms with Crippen LogP contribution in [0.1, 0.15) is 30.9 Å². The molecule has 0 spiro atoms. The fraction of sp³-hybridized carbons (Fsp3) is 0.526. The first kappa shape index (κ1) is 17.9. The maximum absolute atomic E-state index is 12.8. The van der Waals surface area contributed by atoms with E-state index in [2.05, 4.69) is 16.1 Å². The zero-order chi connectivity index (χ0) is 17.5. The molecular formula is C19H26FN3O2. The van der Waals surface area contributed by atoms with Crippen LogP contribution in [0.25, 0.3) is 0 Å². The van der Waals surface area contributed by atoms with Crippen molar-refractivity contribution in [3.63, 3.8) is 0 Å². The summed E-state index contributed by atoms with van der Waals surface area (Å²) in [4.78, 5) is 2.47. The van der Waals surface area contributed by atoms with Crippen molar-refractivity contribution in [3.05, 3.63) is 48.0 Å². The second-order valence-corrected chi connectivity index (χ2v) is 6.47. The average Bonchev–Trinajstić information content (AvgIpc) is 3.09. The summed E-state index contributed by atoms with van der Waals surface area (Å²) in [5.41, 5.74) is 1.24. The van der Waals surface area contributed by atoms with E-state index in [9.17, 15) is 4.39 Å². The van der Waals surface area contributed by atoms with E-state index < -0.39 is 0 Å². The van der Waals surface area contributed by atoms with Gasteiger partial charge in [0.05, 0.1) is 19.8 Å². The lowest BCUT2D eigenvalue weighted by atomic mass is 9.93. The molecule has 2 heterocycles. The first-order valence-electron chi connectivity index (χ1n) is 8.99. The Kier molecular flexibility index (Phi) is 6.42. The van der Waals surface area contributed by atoms with Crippen molar-refractivity contribution in [2.75, 3.05) is 32.8 Å². The summed E-state index contributed by atoms with van der Waals surface area (Å²) >= 11 is 0. The predicted molar refractivity (Wildman–Crippen MR) is 94.2 cm³/mol. The number of halogens is 1. The van der Waals surface area contributed by atoms with Crippen LogP contribution in [-0.2, 0) is 6.54 Å². The molecule has 5 nitrogen and oxygen atoms in total. The highest BCUT2D eigenvalue weighted by molar-refractivity contribution is 5.21. The monoisotopic (exact) mass is 347 g/mol. The van der Waals surface area contributed by atoms with Crippen molar-refractivity contribution in [2.24, 2.45) is 0 Å². The highest BCUT2D eigenvalue weighted by Gasteiger charge is 2.22. The molecule has 0 unspecified atom stereocenters. The number of nitrogens with zero attached hydrogens (tertiary/aromatic N) is 3. The lowest BCUT2D eigenvalue weighted by Gasteiger charge is -2.32. The Morgan fingerprint density at radius 2 is 1.88 bits per heavy atom. The molecule has 0 aliphatic carbocycles. The van der Waals surface area contributed by atoms with Crippen LogP contribution in [0.2, 0.25) is 0 Å². The summed E-state index contributed by atoms with van der Waals surface area (Å²) in [7, 11) is 0. The lowest BCUT2D eigenvalue weighted by Crippen LogP contribution is -2.34. The van der Waals surface area contributed by atoms with Gasteiger partial charge in [-0.1, -0.05) is 0 Å². The van der Waals surface area contributed by atoms with Gasteiger partial charge in [0.2, 0.25) is 0 Å². The topological polar surface area (TPSA) is 50.5 Å². The van der Waals surface area contributed by atoms with Gasteiger partial charge in [0.1, 0.15) is 11.6 Å². The summed E-state index contributed by atoms with van der Waals surface area (Å²) in [6.07, 6.45) is 5.03. The van der Waals surface area contributed by atoms with Gasteiger partial charge >= 0.3 is 0 Å². The van der Waals surface area contributed by atoms with Crippen LogP contribution in [0.15, 0.2) is 36.5 Å². The number of hydrogen-bond donors (Lipinski definition) is 1. The molecule has 0 amide bonds. The number of aliphatic hydroxyl groups is 1. The molecule has 0 radical (unpaired) electrons. The molecule has 1 aromatic carbocycles. The average molecular weight is 347 g/mol. The summed E-state index contributed by atoms with van der Waals surface area (Å²) < 4.78 is 20.4. The van der Waals surface area contributed by atoms with Crippen molar-refractivity contribution in [3.8, 4) is 5.75 Å². The second kappa shape index (κ2) is 8.97. The highest BCUT2D eigenvalue weighted by atomic mass is 19.1. The van der Waals surface area contributed by atoms with Gasteiger partial charge in [-0.2, -0.15) is 5.10 Å². The number of ether oxygens (including phenoxy) is 1. The Morgan fingerprint density at radius 1 is 1.12 bits per heavy atom. The number of likely N-dealkylation sites (tertiary alicyclic amines) is 1. The third kappa shape index (κ3) is 5.03. The normalized spacial score (nSPS) is 16.2. The number of aromatic nitrogens is 2. The molecule has 2 aromatic rings. The molecule has 0 saturated carbocycles. The van der Waals surface area contributed by atoms with Crippen LogP contribution < -0.4 is 4.74 Å². The SMILES string of the molecule is OCCn1nccc1C1CCN(CCCOc2ccc(F)cc2)CC1. The number of piperidine rings is 1. The summed E-state index contributed by atoms with van der Waals surface area (Å²) in [6.45, 7) is 4.51. The third-order valence-electron chi connectivity index (χ3n) is 4.77. The van der Waals surface area contributed by atoms with Crippen LogP contribution in [0.3, 0.4) is 0 Å². The molecule has 136 valence electrons. The van der Waals surface area contributed by atoms with Gasteiger partial charge < -0.3 is 14.7 Å². The molecule has 3 rings (SSSR count). The molecule has 0 bridgehead atoms. The second-order valence-electron chi connectivity index (χ2n) is 6.47. The maximum atomic E-state index is 12.8. The zero-order valence-corrected chi connectivity index (χ0v) is 14.5. The van der Waals surface area contributed by atoms with Crippen LogP contribution >= 0.6 is 0 Å². The minimum absolute atomic E-state index is 0.127. The first-order valence-corrected chi connectivity index (χ1v) is 8.99. The van der Waals surface area contributed by atoms with Crippen molar-refractivity contribution in [2.45, 2.75) is 31.7 Å². The van der Waals surface area contributed by atoms with E-state index in [1.165, 1.54) is 17.8 Å². The molecule has 6 heteroatoms. The van der Waals surface area contributed by atoms with Crippen molar-refractivity contribution < 1.29 is 14.2 Å². The Bertz CT molecular complexity index is 636. The van der Waals surface area contributed by atoms with Crippen LogP contribution in [0, 0.1) is 5.82 Å². The number of aliphatic hydroxyl groups excluding tert-OH is 1. The third-order valence-corrected chi connectivity index (χ3v) is 4.77. The quantitative estimate of drug-likeness (QED) is 0.746. The smallest absolute Gasteiger partial charge is 0.123 e. The van der Waals surface area contributed by atoms with Gasteiger partial charge in [0, 0.05) is 24.4 Å². The van der Waals surface area contributed by atoms with Gasteiger partial charge in [0.25, 0.3) is 0 Å². The van der Waals surface area contributed by atoms with Gasteiger partial charge in [-0.3, -0.25) is 4.68 Å². The number of hydrogen-bond acceptors (Lipinski definition) is 4. The van der Waals surface area contributed by atoms with Crippen LogP contribution in [0.5, 0.6) is 5.75 Å². The largest absolute Gasteiger partial charge is 0.494 e.